The summed E-state index contributed by atoms with van der Waals surface area (Å²) in [6.45, 7) is 0. The summed E-state index contributed by atoms with van der Waals surface area (Å²) < 4.78 is 0. The maximum atomic E-state index is 10.9. The number of carboxylic acid groups (broad SMARTS) is 1. The summed E-state index contributed by atoms with van der Waals surface area (Å²) in [5.74, 6) is -1.04. The Morgan fingerprint density at radius 3 is 2.76 bits per heavy atom. The monoisotopic (exact) mass is 229 g/mol. The topological polar surface area (TPSA) is 93.0 Å². The molecular formula is C11H7N3O3. The lowest BCUT2D eigenvalue weighted by molar-refractivity contribution is 0.0687. The smallest absolute Gasteiger partial charge is 0.355 e. The molecule has 0 aromatic carbocycles. The molecule has 1 N–H and O–H groups in total. The van der Waals surface area contributed by atoms with Crippen LogP contribution in [-0.4, -0.2) is 32.3 Å². The van der Waals surface area contributed by atoms with Crippen LogP contribution in [0.1, 0.15) is 20.8 Å². The molecule has 0 aliphatic rings. The zero-order valence-electron chi connectivity index (χ0n) is 8.57. The second-order valence-corrected chi connectivity index (χ2v) is 3.16. The van der Waals surface area contributed by atoms with Gasteiger partial charge in [0, 0.05) is 24.2 Å². The van der Waals surface area contributed by atoms with Crippen molar-refractivity contribution in [2.45, 2.75) is 0 Å². The summed E-state index contributed by atoms with van der Waals surface area (Å²) in [6.07, 6.45) is 4.70. The zero-order valence-corrected chi connectivity index (χ0v) is 8.57. The Labute approximate surface area is 96.0 Å². The van der Waals surface area contributed by atoms with Crippen LogP contribution < -0.4 is 0 Å². The van der Waals surface area contributed by atoms with Crippen LogP contribution in [0, 0.1) is 0 Å². The van der Waals surface area contributed by atoms with Gasteiger partial charge in [0.25, 0.3) is 0 Å². The van der Waals surface area contributed by atoms with Crippen LogP contribution in [0.25, 0.3) is 11.4 Å². The molecule has 0 spiro atoms. The lowest BCUT2D eigenvalue weighted by Crippen LogP contribution is -2.07. The molecular weight excluding hydrogens is 222 g/mol. The third-order valence-electron chi connectivity index (χ3n) is 2.07. The molecule has 0 amide bonds. The standard InChI is InChI=1S/C11H7N3O3/c15-6-8-5-13-10(14-9(8)11(16)17)7-2-1-3-12-4-7/h1-6H,(H,16,17). The molecule has 0 unspecified atom stereocenters. The van der Waals surface area contributed by atoms with Gasteiger partial charge in [0.05, 0.1) is 5.56 Å². The highest BCUT2D eigenvalue weighted by Gasteiger charge is 2.14. The van der Waals surface area contributed by atoms with E-state index in [4.69, 9.17) is 5.11 Å². The highest BCUT2D eigenvalue weighted by atomic mass is 16.4. The summed E-state index contributed by atoms with van der Waals surface area (Å²) in [4.78, 5) is 33.2. The van der Waals surface area contributed by atoms with Crippen molar-refractivity contribution < 1.29 is 14.7 Å². The average Bonchev–Trinajstić information content (AvgIpc) is 2.39. The van der Waals surface area contributed by atoms with Gasteiger partial charge in [-0.05, 0) is 12.1 Å². The van der Waals surface area contributed by atoms with E-state index in [2.05, 4.69) is 15.0 Å². The molecule has 0 saturated carbocycles. The molecule has 0 bridgehead atoms. The van der Waals surface area contributed by atoms with E-state index < -0.39 is 5.97 Å². The van der Waals surface area contributed by atoms with Crippen molar-refractivity contribution >= 4 is 12.3 Å². The van der Waals surface area contributed by atoms with Crippen LogP contribution in [0.3, 0.4) is 0 Å². The Morgan fingerprint density at radius 2 is 2.18 bits per heavy atom. The number of aromatic nitrogens is 3. The van der Waals surface area contributed by atoms with Gasteiger partial charge in [-0.25, -0.2) is 14.8 Å². The van der Waals surface area contributed by atoms with Crippen molar-refractivity contribution in [2.24, 2.45) is 0 Å². The van der Waals surface area contributed by atoms with Crippen molar-refractivity contribution in [1.82, 2.24) is 15.0 Å². The Morgan fingerprint density at radius 1 is 1.35 bits per heavy atom. The predicted molar refractivity (Wildman–Crippen MR) is 57.6 cm³/mol. The maximum absolute atomic E-state index is 10.9. The minimum absolute atomic E-state index is 0.0508. The van der Waals surface area contributed by atoms with Crippen molar-refractivity contribution in [1.29, 1.82) is 0 Å². The first-order valence-electron chi connectivity index (χ1n) is 4.68. The Kier molecular flexibility index (Phi) is 2.87. The normalized spacial score (nSPS) is 9.88. The van der Waals surface area contributed by atoms with Gasteiger partial charge >= 0.3 is 5.97 Å². The van der Waals surface area contributed by atoms with Crippen LogP contribution in [0.2, 0.25) is 0 Å². The highest BCUT2D eigenvalue weighted by molar-refractivity contribution is 5.95. The van der Waals surface area contributed by atoms with Gasteiger partial charge < -0.3 is 5.11 Å². The first kappa shape index (κ1) is 10.9. The molecule has 0 atom stereocenters. The van der Waals surface area contributed by atoms with Gasteiger partial charge in [0.2, 0.25) is 0 Å². The molecule has 0 radical (unpaired) electrons. The molecule has 2 aromatic rings. The van der Waals surface area contributed by atoms with Gasteiger partial charge in [-0.1, -0.05) is 0 Å². The average molecular weight is 229 g/mol. The zero-order chi connectivity index (χ0) is 12.3. The molecule has 17 heavy (non-hydrogen) atoms. The second-order valence-electron chi connectivity index (χ2n) is 3.16. The fourth-order valence-electron chi connectivity index (χ4n) is 1.28. The number of carbonyl (C=O) groups is 2. The number of aromatic carboxylic acids is 1. The maximum Gasteiger partial charge on any atom is 0.355 e. The number of aldehydes is 1. The molecule has 2 heterocycles. The SMILES string of the molecule is O=Cc1cnc(-c2cccnc2)nc1C(=O)O. The van der Waals surface area contributed by atoms with Gasteiger partial charge in [0.15, 0.2) is 17.8 Å². The highest BCUT2D eigenvalue weighted by Crippen LogP contribution is 2.14. The quantitative estimate of drug-likeness (QED) is 0.790. The van der Waals surface area contributed by atoms with E-state index >= 15 is 0 Å². The van der Waals surface area contributed by atoms with E-state index in [0.29, 0.717) is 11.8 Å². The van der Waals surface area contributed by atoms with E-state index in [9.17, 15) is 9.59 Å². The van der Waals surface area contributed by atoms with Crippen molar-refractivity contribution in [3.63, 3.8) is 0 Å². The molecule has 84 valence electrons. The van der Waals surface area contributed by atoms with E-state index in [-0.39, 0.29) is 17.1 Å². The molecule has 0 aliphatic carbocycles. The van der Waals surface area contributed by atoms with Crippen LogP contribution >= 0.6 is 0 Å². The molecule has 0 saturated heterocycles. The Balaban J connectivity index is 2.55. The van der Waals surface area contributed by atoms with Crippen LogP contribution in [0.5, 0.6) is 0 Å². The lowest BCUT2D eigenvalue weighted by Gasteiger charge is -2.02. The lowest BCUT2D eigenvalue weighted by atomic mass is 10.2. The number of rotatable bonds is 3. The van der Waals surface area contributed by atoms with Gasteiger partial charge in [-0.2, -0.15) is 0 Å². The predicted octanol–water partition coefficient (Wildman–Crippen LogP) is 1.05. The summed E-state index contributed by atoms with van der Waals surface area (Å²) in [5.41, 5.74) is 0.228. The van der Waals surface area contributed by atoms with E-state index in [1.165, 1.54) is 12.4 Å². The number of carboxylic acids is 1. The summed E-state index contributed by atoms with van der Waals surface area (Å²) in [7, 11) is 0. The molecule has 0 aliphatic heterocycles. The van der Waals surface area contributed by atoms with Crippen molar-refractivity contribution in [2.75, 3.05) is 0 Å². The fraction of sp³-hybridized carbons (Fsp3) is 0. The number of nitrogens with zero attached hydrogens (tertiary/aromatic N) is 3. The van der Waals surface area contributed by atoms with Crippen LogP contribution in [0.4, 0.5) is 0 Å². The minimum atomic E-state index is -1.26. The van der Waals surface area contributed by atoms with Gasteiger partial charge in [-0.3, -0.25) is 9.78 Å². The molecule has 2 aromatic heterocycles. The van der Waals surface area contributed by atoms with Crippen molar-refractivity contribution in [3.8, 4) is 11.4 Å². The Hall–Kier alpha value is -2.63. The minimum Gasteiger partial charge on any atom is -0.476 e. The number of carbonyl (C=O) groups excluding carboxylic acids is 1. The molecule has 6 heteroatoms. The van der Waals surface area contributed by atoms with Gasteiger partial charge in [-0.15, -0.1) is 0 Å². The van der Waals surface area contributed by atoms with E-state index in [1.54, 1.807) is 18.3 Å². The van der Waals surface area contributed by atoms with Crippen molar-refractivity contribution in [3.05, 3.63) is 42.0 Å². The van der Waals surface area contributed by atoms with E-state index in [0.717, 1.165) is 0 Å². The first-order valence-corrected chi connectivity index (χ1v) is 4.68. The summed E-state index contributed by atoms with van der Waals surface area (Å²) in [6, 6.07) is 3.39. The molecule has 6 nitrogen and oxygen atoms in total. The number of hydrogen-bond donors (Lipinski definition) is 1. The first-order chi connectivity index (χ1) is 8.22. The van der Waals surface area contributed by atoms with E-state index in [1.807, 2.05) is 0 Å². The summed E-state index contributed by atoms with van der Waals surface area (Å²) >= 11 is 0. The van der Waals surface area contributed by atoms with Crippen LogP contribution in [0.15, 0.2) is 30.7 Å². The Bertz CT molecular complexity index is 569. The van der Waals surface area contributed by atoms with Crippen LogP contribution in [-0.2, 0) is 0 Å². The molecule has 0 fully saturated rings. The third kappa shape index (κ3) is 2.15. The third-order valence-corrected chi connectivity index (χ3v) is 2.07. The largest absolute Gasteiger partial charge is 0.476 e. The summed E-state index contributed by atoms with van der Waals surface area (Å²) in [5, 5.41) is 8.90. The fourth-order valence-corrected chi connectivity index (χ4v) is 1.28. The molecule has 2 rings (SSSR count). The van der Waals surface area contributed by atoms with Gasteiger partial charge in [0.1, 0.15) is 0 Å². The number of pyridine rings is 1. The second kappa shape index (κ2) is 4.48. The number of hydrogen-bond acceptors (Lipinski definition) is 5.